The topological polar surface area (TPSA) is 42.0 Å². The Bertz CT molecular complexity index is 268. The zero-order chi connectivity index (χ0) is 8.39. The van der Waals surface area contributed by atoms with Gasteiger partial charge in [-0.1, -0.05) is 6.07 Å². The lowest BCUT2D eigenvalue weighted by Crippen LogP contribution is -2.03. The van der Waals surface area contributed by atoms with Gasteiger partial charge in [-0.05, 0) is 12.1 Å². The first-order valence-electron chi connectivity index (χ1n) is 3.88. The zero-order valence-corrected chi connectivity index (χ0v) is 6.56. The highest BCUT2D eigenvalue weighted by molar-refractivity contribution is 5.31. The average molecular weight is 166 g/mol. The minimum Gasteiger partial charge on any atom is -0.508 e. The first-order chi connectivity index (χ1) is 5.84. The number of epoxide rings is 1. The molecular formula is C9H10O3. The standard InChI is InChI=1S/C9H10O3/c10-7-2-1-3-8(4-7)11-5-9-6-12-9/h1-4,9-10H,5-6H2. The van der Waals surface area contributed by atoms with Crippen LogP contribution in [0.1, 0.15) is 0 Å². The van der Waals surface area contributed by atoms with Crippen molar-refractivity contribution in [3.05, 3.63) is 24.3 Å². The fourth-order valence-corrected chi connectivity index (χ4v) is 0.927. The average Bonchev–Trinajstić information content (AvgIpc) is 2.84. The summed E-state index contributed by atoms with van der Waals surface area (Å²) in [6.45, 7) is 1.36. The van der Waals surface area contributed by atoms with Crippen LogP contribution in [-0.4, -0.2) is 24.4 Å². The van der Waals surface area contributed by atoms with E-state index in [4.69, 9.17) is 14.6 Å². The van der Waals surface area contributed by atoms with Gasteiger partial charge in [0.15, 0.2) is 0 Å². The number of phenols is 1. The molecule has 0 saturated carbocycles. The lowest BCUT2D eigenvalue weighted by atomic mass is 10.3. The Labute approximate surface area is 70.5 Å². The van der Waals surface area contributed by atoms with E-state index in [-0.39, 0.29) is 11.9 Å². The Morgan fingerprint density at radius 1 is 1.58 bits per heavy atom. The summed E-state index contributed by atoms with van der Waals surface area (Å²) < 4.78 is 10.3. The van der Waals surface area contributed by atoms with E-state index in [1.165, 1.54) is 0 Å². The first kappa shape index (κ1) is 7.43. The van der Waals surface area contributed by atoms with Crippen molar-refractivity contribution in [3.8, 4) is 11.5 Å². The summed E-state index contributed by atoms with van der Waals surface area (Å²) in [6, 6.07) is 6.75. The Balaban J connectivity index is 1.92. The van der Waals surface area contributed by atoms with Gasteiger partial charge in [-0.2, -0.15) is 0 Å². The molecule has 1 aromatic carbocycles. The predicted octanol–water partition coefficient (Wildman–Crippen LogP) is 1.17. The van der Waals surface area contributed by atoms with E-state index in [0.29, 0.717) is 12.4 Å². The van der Waals surface area contributed by atoms with E-state index in [9.17, 15) is 0 Å². The van der Waals surface area contributed by atoms with Crippen LogP contribution in [0, 0.1) is 0 Å². The van der Waals surface area contributed by atoms with Crippen LogP contribution in [0.2, 0.25) is 0 Å². The van der Waals surface area contributed by atoms with Crippen molar-refractivity contribution < 1.29 is 14.6 Å². The molecule has 64 valence electrons. The Morgan fingerprint density at radius 3 is 3.08 bits per heavy atom. The van der Waals surface area contributed by atoms with Gasteiger partial charge in [-0.15, -0.1) is 0 Å². The zero-order valence-electron chi connectivity index (χ0n) is 6.56. The molecule has 1 atom stereocenters. The largest absolute Gasteiger partial charge is 0.508 e. The van der Waals surface area contributed by atoms with Gasteiger partial charge in [-0.3, -0.25) is 0 Å². The van der Waals surface area contributed by atoms with Gasteiger partial charge in [0, 0.05) is 6.07 Å². The molecule has 1 heterocycles. The lowest BCUT2D eigenvalue weighted by Gasteiger charge is -2.03. The molecule has 1 aliphatic rings. The maximum absolute atomic E-state index is 9.08. The molecule has 0 spiro atoms. The van der Waals surface area contributed by atoms with Crippen LogP contribution in [0.3, 0.4) is 0 Å². The third-order valence-corrected chi connectivity index (χ3v) is 1.66. The molecule has 0 radical (unpaired) electrons. The van der Waals surface area contributed by atoms with E-state index >= 15 is 0 Å². The molecule has 1 fully saturated rings. The molecule has 1 aromatic rings. The van der Waals surface area contributed by atoms with E-state index in [0.717, 1.165) is 6.61 Å². The second kappa shape index (κ2) is 3.03. The second-order valence-corrected chi connectivity index (χ2v) is 2.76. The smallest absolute Gasteiger partial charge is 0.123 e. The Morgan fingerprint density at radius 2 is 2.42 bits per heavy atom. The third-order valence-electron chi connectivity index (χ3n) is 1.66. The monoisotopic (exact) mass is 166 g/mol. The molecule has 12 heavy (non-hydrogen) atoms. The maximum atomic E-state index is 9.08. The predicted molar refractivity (Wildman–Crippen MR) is 43.3 cm³/mol. The lowest BCUT2D eigenvalue weighted by molar-refractivity contribution is 0.262. The van der Waals surface area contributed by atoms with Crippen molar-refractivity contribution in [1.82, 2.24) is 0 Å². The normalized spacial score (nSPS) is 20.5. The van der Waals surface area contributed by atoms with Crippen molar-refractivity contribution in [1.29, 1.82) is 0 Å². The van der Waals surface area contributed by atoms with Crippen LogP contribution >= 0.6 is 0 Å². The van der Waals surface area contributed by atoms with Crippen LogP contribution in [0.4, 0.5) is 0 Å². The molecule has 0 aromatic heterocycles. The Kier molecular flexibility index (Phi) is 1.87. The fraction of sp³-hybridized carbons (Fsp3) is 0.333. The summed E-state index contributed by atoms with van der Waals surface area (Å²) in [4.78, 5) is 0. The van der Waals surface area contributed by atoms with Crippen LogP contribution < -0.4 is 4.74 Å². The molecule has 1 saturated heterocycles. The molecule has 1 unspecified atom stereocenters. The van der Waals surface area contributed by atoms with E-state index in [1.807, 2.05) is 6.07 Å². The third kappa shape index (κ3) is 1.89. The minimum atomic E-state index is 0.226. The van der Waals surface area contributed by atoms with E-state index in [1.54, 1.807) is 18.2 Å². The van der Waals surface area contributed by atoms with Crippen molar-refractivity contribution in [2.45, 2.75) is 6.10 Å². The molecule has 3 nitrogen and oxygen atoms in total. The van der Waals surface area contributed by atoms with Crippen molar-refractivity contribution >= 4 is 0 Å². The van der Waals surface area contributed by atoms with Gasteiger partial charge in [0.1, 0.15) is 24.2 Å². The van der Waals surface area contributed by atoms with Gasteiger partial charge in [-0.25, -0.2) is 0 Å². The van der Waals surface area contributed by atoms with Gasteiger partial charge in [0.25, 0.3) is 0 Å². The number of hydrogen-bond donors (Lipinski definition) is 1. The van der Waals surface area contributed by atoms with Crippen LogP contribution in [0.15, 0.2) is 24.3 Å². The molecule has 1 aliphatic heterocycles. The quantitative estimate of drug-likeness (QED) is 0.685. The number of hydrogen-bond acceptors (Lipinski definition) is 3. The molecule has 2 rings (SSSR count). The van der Waals surface area contributed by atoms with Crippen molar-refractivity contribution in [2.75, 3.05) is 13.2 Å². The SMILES string of the molecule is Oc1cccc(OCC2CO2)c1. The number of rotatable bonds is 3. The summed E-state index contributed by atoms with van der Waals surface area (Å²) in [5, 5.41) is 9.08. The molecule has 0 bridgehead atoms. The van der Waals surface area contributed by atoms with E-state index < -0.39 is 0 Å². The highest BCUT2D eigenvalue weighted by Crippen LogP contribution is 2.19. The molecule has 3 heteroatoms. The van der Waals surface area contributed by atoms with Gasteiger partial charge >= 0.3 is 0 Å². The fourth-order valence-electron chi connectivity index (χ4n) is 0.927. The van der Waals surface area contributed by atoms with Crippen LogP contribution in [0.5, 0.6) is 11.5 Å². The summed E-state index contributed by atoms with van der Waals surface area (Å²) in [6.07, 6.45) is 0.257. The summed E-state index contributed by atoms with van der Waals surface area (Å²) in [5.41, 5.74) is 0. The minimum absolute atomic E-state index is 0.226. The second-order valence-electron chi connectivity index (χ2n) is 2.76. The highest BCUT2D eigenvalue weighted by Gasteiger charge is 2.22. The molecule has 0 aliphatic carbocycles. The number of benzene rings is 1. The molecular weight excluding hydrogens is 156 g/mol. The molecule has 0 amide bonds. The van der Waals surface area contributed by atoms with Gasteiger partial charge in [0.2, 0.25) is 0 Å². The van der Waals surface area contributed by atoms with Crippen LogP contribution in [-0.2, 0) is 4.74 Å². The number of ether oxygens (including phenoxy) is 2. The van der Waals surface area contributed by atoms with Crippen molar-refractivity contribution in [3.63, 3.8) is 0 Å². The highest BCUT2D eigenvalue weighted by atomic mass is 16.6. The van der Waals surface area contributed by atoms with Crippen LogP contribution in [0.25, 0.3) is 0 Å². The molecule has 1 N–H and O–H groups in total. The maximum Gasteiger partial charge on any atom is 0.123 e. The Hall–Kier alpha value is -1.22. The summed E-state index contributed by atoms with van der Waals surface area (Å²) in [7, 11) is 0. The first-order valence-corrected chi connectivity index (χ1v) is 3.88. The summed E-state index contributed by atoms with van der Waals surface area (Å²) >= 11 is 0. The van der Waals surface area contributed by atoms with E-state index in [2.05, 4.69) is 0 Å². The van der Waals surface area contributed by atoms with Gasteiger partial charge in [0.05, 0.1) is 6.61 Å². The van der Waals surface area contributed by atoms with Crippen molar-refractivity contribution in [2.24, 2.45) is 0 Å². The summed E-state index contributed by atoms with van der Waals surface area (Å²) in [5.74, 6) is 0.912. The number of phenolic OH excluding ortho intramolecular Hbond substituents is 1. The van der Waals surface area contributed by atoms with Gasteiger partial charge < -0.3 is 14.6 Å². The number of aromatic hydroxyl groups is 1.